The minimum atomic E-state index is -0.479. The van der Waals surface area contributed by atoms with Gasteiger partial charge in [0.25, 0.3) is 11.5 Å². The van der Waals surface area contributed by atoms with Crippen molar-refractivity contribution in [2.75, 3.05) is 13.2 Å². The SMILES string of the molecule is Cn1c(CNC(=O)CNC(=O)COc2ccccc2)cc(=O)n(C)c1=O. The van der Waals surface area contributed by atoms with Crippen LogP contribution in [0.4, 0.5) is 0 Å². The second-order valence-electron chi connectivity index (χ2n) is 5.53. The summed E-state index contributed by atoms with van der Waals surface area (Å²) in [5.74, 6) is -0.338. The molecule has 0 unspecified atom stereocenters. The standard InChI is InChI=1S/C17H20N4O5/c1-20-12(8-16(24)21(2)17(20)25)9-18-14(22)10-19-15(23)11-26-13-6-4-3-5-7-13/h3-8H,9-11H2,1-2H3,(H,18,22)(H,19,23). The zero-order valence-corrected chi connectivity index (χ0v) is 14.5. The van der Waals surface area contributed by atoms with Gasteiger partial charge < -0.3 is 15.4 Å². The summed E-state index contributed by atoms with van der Waals surface area (Å²) in [6.45, 7) is -0.451. The number of carbonyl (C=O) groups excluding carboxylic acids is 2. The fraction of sp³-hybridized carbons (Fsp3) is 0.294. The van der Waals surface area contributed by atoms with E-state index >= 15 is 0 Å². The van der Waals surface area contributed by atoms with Crippen LogP contribution in [0.25, 0.3) is 0 Å². The molecule has 0 bridgehead atoms. The fourth-order valence-corrected chi connectivity index (χ4v) is 2.10. The molecular formula is C17H20N4O5. The topological polar surface area (TPSA) is 111 Å². The first-order chi connectivity index (χ1) is 12.4. The number of benzene rings is 1. The van der Waals surface area contributed by atoms with Crippen molar-refractivity contribution in [3.8, 4) is 5.75 Å². The molecule has 26 heavy (non-hydrogen) atoms. The molecule has 0 radical (unpaired) electrons. The Hall–Kier alpha value is -3.36. The molecule has 0 spiro atoms. The molecule has 0 saturated heterocycles. The number of aromatic nitrogens is 2. The quantitative estimate of drug-likeness (QED) is 0.651. The predicted molar refractivity (Wildman–Crippen MR) is 93.7 cm³/mol. The van der Waals surface area contributed by atoms with Gasteiger partial charge in [0, 0.05) is 25.9 Å². The monoisotopic (exact) mass is 360 g/mol. The molecule has 2 aromatic rings. The molecule has 0 saturated carbocycles. The lowest BCUT2D eigenvalue weighted by molar-refractivity contribution is -0.127. The highest BCUT2D eigenvalue weighted by molar-refractivity contribution is 5.85. The maximum absolute atomic E-state index is 11.8. The van der Waals surface area contributed by atoms with E-state index in [1.165, 1.54) is 24.7 Å². The molecule has 0 aliphatic rings. The van der Waals surface area contributed by atoms with Gasteiger partial charge in [-0.05, 0) is 12.1 Å². The Kier molecular flexibility index (Phi) is 6.31. The third-order valence-electron chi connectivity index (χ3n) is 3.65. The van der Waals surface area contributed by atoms with E-state index in [9.17, 15) is 19.2 Å². The van der Waals surface area contributed by atoms with E-state index in [-0.39, 0.29) is 19.7 Å². The summed E-state index contributed by atoms with van der Waals surface area (Å²) in [4.78, 5) is 46.9. The number of amides is 2. The van der Waals surface area contributed by atoms with Crippen molar-refractivity contribution in [2.45, 2.75) is 6.54 Å². The largest absolute Gasteiger partial charge is 0.484 e. The number of hydrogen-bond acceptors (Lipinski definition) is 5. The Labute approximate surface area is 149 Å². The third-order valence-corrected chi connectivity index (χ3v) is 3.65. The molecule has 0 atom stereocenters. The number of ether oxygens (including phenoxy) is 1. The van der Waals surface area contributed by atoms with Crippen molar-refractivity contribution in [1.29, 1.82) is 0 Å². The lowest BCUT2D eigenvalue weighted by atomic mass is 10.3. The van der Waals surface area contributed by atoms with Crippen LogP contribution in [-0.2, 0) is 30.2 Å². The molecule has 9 heteroatoms. The van der Waals surface area contributed by atoms with Crippen molar-refractivity contribution in [1.82, 2.24) is 19.8 Å². The predicted octanol–water partition coefficient (Wildman–Crippen LogP) is -1.10. The average Bonchev–Trinajstić information content (AvgIpc) is 2.65. The molecule has 1 aromatic carbocycles. The lowest BCUT2D eigenvalue weighted by Gasteiger charge is -2.11. The summed E-state index contributed by atoms with van der Waals surface area (Å²) in [7, 11) is 2.88. The molecular weight excluding hydrogens is 340 g/mol. The van der Waals surface area contributed by atoms with Crippen LogP contribution >= 0.6 is 0 Å². The van der Waals surface area contributed by atoms with Gasteiger partial charge >= 0.3 is 5.69 Å². The van der Waals surface area contributed by atoms with Crippen LogP contribution in [0, 0.1) is 0 Å². The maximum Gasteiger partial charge on any atom is 0.330 e. The van der Waals surface area contributed by atoms with Crippen LogP contribution in [0.3, 0.4) is 0 Å². The van der Waals surface area contributed by atoms with Crippen molar-refractivity contribution in [3.05, 3.63) is 62.9 Å². The normalized spacial score (nSPS) is 10.2. The summed E-state index contributed by atoms with van der Waals surface area (Å²) < 4.78 is 7.51. The number of hydrogen-bond donors (Lipinski definition) is 2. The highest BCUT2D eigenvalue weighted by atomic mass is 16.5. The summed E-state index contributed by atoms with van der Waals surface area (Å²) in [5.41, 5.74) is -0.568. The van der Waals surface area contributed by atoms with Gasteiger partial charge in [0.2, 0.25) is 5.91 Å². The molecule has 1 aromatic heterocycles. The third kappa shape index (κ3) is 5.07. The zero-order valence-electron chi connectivity index (χ0n) is 14.5. The van der Waals surface area contributed by atoms with Gasteiger partial charge in [0.05, 0.1) is 13.1 Å². The average molecular weight is 360 g/mol. The summed E-state index contributed by atoms with van der Waals surface area (Å²) in [6, 6.07) is 10.1. The zero-order chi connectivity index (χ0) is 19.1. The molecule has 0 aliphatic heterocycles. The summed E-state index contributed by atoms with van der Waals surface area (Å²) in [5, 5.41) is 4.97. The fourth-order valence-electron chi connectivity index (χ4n) is 2.10. The Morgan fingerprint density at radius 1 is 1.00 bits per heavy atom. The van der Waals surface area contributed by atoms with Crippen molar-refractivity contribution in [2.24, 2.45) is 14.1 Å². The van der Waals surface area contributed by atoms with Gasteiger partial charge in [0.15, 0.2) is 6.61 Å². The Bertz CT molecular complexity index is 902. The van der Waals surface area contributed by atoms with Crippen LogP contribution in [0.5, 0.6) is 5.75 Å². The van der Waals surface area contributed by atoms with Gasteiger partial charge in [-0.1, -0.05) is 18.2 Å². The number of carbonyl (C=O) groups is 2. The molecule has 0 fully saturated rings. The number of nitrogens with zero attached hydrogens (tertiary/aromatic N) is 2. The Morgan fingerprint density at radius 3 is 2.38 bits per heavy atom. The number of para-hydroxylation sites is 1. The van der Waals surface area contributed by atoms with Crippen LogP contribution in [0.1, 0.15) is 5.69 Å². The van der Waals surface area contributed by atoms with Crippen LogP contribution in [0.15, 0.2) is 46.0 Å². The van der Waals surface area contributed by atoms with Gasteiger partial charge in [-0.25, -0.2) is 4.79 Å². The van der Waals surface area contributed by atoms with E-state index < -0.39 is 23.1 Å². The van der Waals surface area contributed by atoms with Crippen molar-refractivity contribution < 1.29 is 14.3 Å². The van der Waals surface area contributed by atoms with Crippen LogP contribution in [-0.4, -0.2) is 34.1 Å². The van der Waals surface area contributed by atoms with E-state index in [1.54, 1.807) is 24.3 Å². The molecule has 2 amide bonds. The Balaban J connectivity index is 1.78. The van der Waals surface area contributed by atoms with Gasteiger partial charge in [0.1, 0.15) is 5.75 Å². The van der Waals surface area contributed by atoms with Gasteiger partial charge in [-0.3, -0.25) is 23.5 Å². The van der Waals surface area contributed by atoms with Crippen molar-refractivity contribution in [3.63, 3.8) is 0 Å². The number of nitrogens with one attached hydrogen (secondary N) is 2. The highest BCUT2D eigenvalue weighted by Crippen LogP contribution is 2.07. The second-order valence-corrected chi connectivity index (χ2v) is 5.53. The Morgan fingerprint density at radius 2 is 1.69 bits per heavy atom. The molecule has 2 rings (SSSR count). The minimum absolute atomic E-state index is 0.00294. The number of rotatable bonds is 7. The first kappa shape index (κ1) is 19.0. The first-order valence-electron chi connectivity index (χ1n) is 7.85. The van der Waals surface area contributed by atoms with Crippen LogP contribution < -0.4 is 26.6 Å². The van der Waals surface area contributed by atoms with E-state index in [0.717, 1.165) is 4.57 Å². The molecule has 1 heterocycles. The van der Waals surface area contributed by atoms with E-state index in [1.807, 2.05) is 6.07 Å². The van der Waals surface area contributed by atoms with Gasteiger partial charge in [-0.2, -0.15) is 0 Å². The first-order valence-corrected chi connectivity index (χ1v) is 7.85. The van der Waals surface area contributed by atoms with E-state index in [2.05, 4.69) is 10.6 Å². The molecule has 0 aliphatic carbocycles. The minimum Gasteiger partial charge on any atom is -0.484 e. The van der Waals surface area contributed by atoms with E-state index in [0.29, 0.717) is 11.4 Å². The molecule has 2 N–H and O–H groups in total. The lowest BCUT2D eigenvalue weighted by Crippen LogP contribution is -2.41. The summed E-state index contributed by atoms with van der Waals surface area (Å²) in [6.07, 6.45) is 0. The van der Waals surface area contributed by atoms with Gasteiger partial charge in [-0.15, -0.1) is 0 Å². The summed E-state index contributed by atoms with van der Waals surface area (Å²) >= 11 is 0. The highest BCUT2D eigenvalue weighted by Gasteiger charge is 2.09. The maximum atomic E-state index is 11.8. The van der Waals surface area contributed by atoms with Crippen molar-refractivity contribution >= 4 is 11.8 Å². The smallest absolute Gasteiger partial charge is 0.330 e. The second kappa shape index (κ2) is 8.65. The molecule has 9 nitrogen and oxygen atoms in total. The van der Waals surface area contributed by atoms with Crippen LogP contribution in [0.2, 0.25) is 0 Å². The van der Waals surface area contributed by atoms with E-state index in [4.69, 9.17) is 4.74 Å². The molecule has 138 valence electrons.